The molecule has 2 heterocycles. The van der Waals surface area contributed by atoms with Crippen LogP contribution in [0, 0.1) is 0 Å². The van der Waals surface area contributed by atoms with Gasteiger partial charge >= 0.3 is 11.7 Å². The minimum absolute atomic E-state index is 0.0121. The Hall–Kier alpha value is -3.60. The van der Waals surface area contributed by atoms with Crippen molar-refractivity contribution in [3.05, 3.63) is 94.5 Å². The van der Waals surface area contributed by atoms with Crippen LogP contribution in [0.25, 0.3) is 0 Å². The normalized spacial score (nSPS) is 23.4. The first-order valence-electron chi connectivity index (χ1n) is 11.4. The van der Waals surface area contributed by atoms with Gasteiger partial charge in [0.15, 0.2) is 17.9 Å². The Morgan fingerprint density at radius 1 is 1.08 bits per heavy atom. The molecule has 3 aromatic rings. The molecule has 190 valence electrons. The molecule has 36 heavy (non-hydrogen) atoms. The SMILES string of the molecule is CC(=O)O[C@H]1[C@H](n2ccc(N)nc2=O)O[C@](CF)(COCc2ccccc2)[C@H]1OCc1ccccc1. The first-order chi connectivity index (χ1) is 17.4. The van der Waals surface area contributed by atoms with Crippen molar-refractivity contribution in [1.29, 1.82) is 0 Å². The van der Waals surface area contributed by atoms with Crippen LogP contribution in [0.15, 0.2) is 77.7 Å². The number of nitrogens with zero attached hydrogens (tertiary/aromatic N) is 2. The number of hydrogen-bond donors (Lipinski definition) is 1. The number of carbonyl (C=O) groups is 1. The van der Waals surface area contributed by atoms with Gasteiger partial charge in [-0.25, -0.2) is 9.18 Å². The molecule has 2 N–H and O–H groups in total. The molecular formula is C26H28FN3O6. The van der Waals surface area contributed by atoms with Crippen molar-refractivity contribution in [3.8, 4) is 0 Å². The standard InChI is InChI=1S/C26H28FN3O6/c1-18(31)35-22-23(34-15-20-10-6-3-7-11-20)26(16-27,17-33-14-19-8-4-2-5-9-19)36-24(22)30-13-12-21(28)29-25(30)32/h2-13,22-24H,14-17H2,1H3,(H2,28,29,32)/t22-,23+,24-,26-/m1/s1. The maximum Gasteiger partial charge on any atom is 0.351 e. The Kier molecular flexibility index (Phi) is 8.09. The third-order valence-electron chi connectivity index (χ3n) is 5.84. The number of carbonyl (C=O) groups excluding carboxylic acids is 1. The van der Waals surface area contributed by atoms with Crippen LogP contribution >= 0.6 is 0 Å². The maximum absolute atomic E-state index is 14.9. The number of ether oxygens (including phenoxy) is 4. The lowest BCUT2D eigenvalue weighted by Gasteiger charge is -2.32. The number of anilines is 1. The van der Waals surface area contributed by atoms with Crippen LogP contribution in [0.4, 0.5) is 10.2 Å². The number of nitrogens with two attached hydrogens (primary N) is 1. The molecule has 0 radical (unpaired) electrons. The number of alkyl halides is 1. The fourth-order valence-electron chi connectivity index (χ4n) is 4.15. The van der Waals surface area contributed by atoms with Gasteiger partial charge < -0.3 is 24.7 Å². The lowest BCUT2D eigenvalue weighted by Crippen LogP contribution is -2.51. The molecule has 10 heteroatoms. The first-order valence-corrected chi connectivity index (χ1v) is 11.4. The summed E-state index contributed by atoms with van der Waals surface area (Å²) < 4.78 is 39.7. The second-order valence-electron chi connectivity index (χ2n) is 8.52. The average molecular weight is 498 g/mol. The summed E-state index contributed by atoms with van der Waals surface area (Å²) >= 11 is 0. The average Bonchev–Trinajstić information content (AvgIpc) is 3.16. The van der Waals surface area contributed by atoms with Gasteiger partial charge in [0.05, 0.1) is 19.8 Å². The van der Waals surface area contributed by atoms with Gasteiger partial charge in [-0.05, 0) is 17.2 Å². The third kappa shape index (κ3) is 5.78. The molecule has 1 aliphatic rings. The molecule has 0 bridgehead atoms. The summed E-state index contributed by atoms with van der Waals surface area (Å²) in [5, 5.41) is 0. The Bertz CT molecular complexity index is 1210. The second kappa shape index (κ2) is 11.4. The van der Waals surface area contributed by atoms with E-state index in [1.54, 1.807) is 0 Å². The number of rotatable bonds is 10. The highest BCUT2D eigenvalue weighted by Gasteiger charge is 2.59. The van der Waals surface area contributed by atoms with Crippen LogP contribution in [0.1, 0.15) is 24.3 Å². The Balaban J connectivity index is 1.67. The molecule has 1 fully saturated rings. The van der Waals surface area contributed by atoms with Crippen molar-refractivity contribution in [2.24, 2.45) is 0 Å². The summed E-state index contributed by atoms with van der Waals surface area (Å²) in [5.41, 5.74) is 4.93. The molecule has 4 atom stereocenters. The minimum atomic E-state index is -1.67. The topological polar surface area (TPSA) is 115 Å². The van der Waals surface area contributed by atoms with E-state index >= 15 is 0 Å². The van der Waals surface area contributed by atoms with Crippen molar-refractivity contribution >= 4 is 11.8 Å². The van der Waals surface area contributed by atoms with E-state index in [0.29, 0.717) is 0 Å². The Labute approximate surface area is 207 Å². The summed E-state index contributed by atoms with van der Waals surface area (Å²) in [4.78, 5) is 28.4. The Morgan fingerprint density at radius 2 is 1.72 bits per heavy atom. The van der Waals surface area contributed by atoms with E-state index in [4.69, 9.17) is 24.7 Å². The lowest BCUT2D eigenvalue weighted by molar-refractivity contribution is -0.166. The number of halogens is 1. The second-order valence-corrected chi connectivity index (χ2v) is 8.52. The van der Waals surface area contributed by atoms with Gasteiger partial charge in [-0.3, -0.25) is 9.36 Å². The molecule has 2 aromatic carbocycles. The summed E-state index contributed by atoms with van der Waals surface area (Å²) in [7, 11) is 0. The first kappa shape index (κ1) is 25.5. The van der Waals surface area contributed by atoms with Crippen LogP contribution in [0.5, 0.6) is 0 Å². The van der Waals surface area contributed by atoms with Gasteiger partial charge in [0.1, 0.15) is 18.6 Å². The van der Waals surface area contributed by atoms with E-state index in [1.807, 2.05) is 60.7 Å². The predicted molar refractivity (Wildman–Crippen MR) is 128 cm³/mol. The number of aromatic nitrogens is 2. The molecule has 4 rings (SSSR count). The van der Waals surface area contributed by atoms with Crippen LogP contribution in [-0.4, -0.2) is 46.6 Å². The predicted octanol–water partition coefficient (Wildman–Crippen LogP) is 2.80. The maximum atomic E-state index is 14.9. The monoisotopic (exact) mass is 497 g/mol. The van der Waals surface area contributed by atoms with Crippen LogP contribution in [0.2, 0.25) is 0 Å². The lowest BCUT2D eigenvalue weighted by atomic mass is 9.96. The van der Waals surface area contributed by atoms with E-state index in [2.05, 4.69) is 4.98 Å². The highest BCUT2D eigenvalue weighted by Crippen LogP contribution is 2.41. The zero-order valence-corrected chi connectivity index (χ0v) is 19.8. The number of esters is 1. The van der Waals surface area contributed by atoms with E-state index < -0.39 is 42.4 Å². The Morgan fingerprint density at radius 3 is 2.31 bits per heavy atom. The van der Waals surface area contributed by atoms with E-state index in [1.165, 1.54) is 19.2 Å². The van der Waals surface area contributed by atoms with Crippen molar-refractivity contribution in [2.45, 2.75) is 44.2 Å². The van der Waals surface area contributed by atoms with Crippen molar-refractivity contribution in [3.63, 3.8) is 0 Å². The zero-order chi connectivity index (χ0) is 25.5. The van der Waals surface area contributed by atoms with Crippen molar-refractivity contribution in [2.75, 3.05) is 19.0 Å². The molecule has 0 spiro atoms. The smallest absolute Gasteiger partial charge is 0.351 e. The molecule has 0 aliphatic carbocycles. The van der Waals surface area contributed by atoms with Crippen LogP contribution in [-0.2, 0) is 37.0 Å². The molecule has 0 saturated carbocycles. The molecule has 1 aliphatic heterocycles. The largest absolute Gasteiger partial charge is 0.455 e. The van der Waals surface area contributed by atoms with Crippen LogP contribution in [0.3, 0.4) is 0 Å². The third-order valence-corrected chi connectivity index (χ3v) is 5.84. The van der Waals surface area contributed by atoms with Crippen LogP contribution < -0.4 is 11.4 Å². The summed E-state index contributed by atoms with van der Waals surface area (Å²) in [6.07, 6.45) is -2.12. The molecular weight excluding hydrogens is 469 g/mol. The van der Waals surface area contributed by atoms with E-state index in [0.717, 1.165) is 15.7 Å². The van der Waals surface area contributed by atoms with Gasteiger partial charge in [0, 0.05) is 13.1 Å². The van der Waals surface area contributed by atoms with E-state index in [-0.39, 0.29) is 25.6 Å². The highest BCUT2D eigenvalue weighted by molar-refractivity contribution is 5.66. The van der Waals surface area contributed by atoms with E-state index in [9.17, 15) is 14.0 Å². The number of nitrogen functional groups attached to an aromatic ring is 1. The number of benzene rings is 2. The molecule has 1 aromatic heterocycles. The molecule has 0 amide bonds. The molecule has 1 saturated heterocycles. The van der Waals surface area contributed by atoms with Gasteiger partial charge in [0.2, 0.25) is 0 Å². The van der Waals surface area contributed by atoms with Gasteiger partial charge in [-0.1, -0.05) is 60.7 Å². The van der Waals surface area contributed by atoms with Gasteiger partial charge in [0.25, 0.3) is 0 Å². The minimum Gasteiger partial charge on any atom is -0.455 e. The molecule has 9 nitrogen and oxygen atoms in total. The zero-order valence-electron chi connectivity index (χ0n) is 19.8. The summed E-state index contributed by atoms with van der Waals surface area (Å²) in [6.45, 7) is 0.269. The van der Waals surface area contributed by atoms with Gasteiger partial charge in [-0.2, -0.15) is 4.98 Å². The van der Waals surface area contributed by atoms with Gasteiger partial charge in [-0.15, -0.1) is 0 Å². The summed E-state index contributed by atoms with van der Waals surface area (Å²) in [6, 6.07) is 20.0. The van der Waals surface area contributed by atoms with Crippen molar-refractivity contribution < 1.29 is 28.1 Å². The number of hydrogen-bond acceptors (Lipinski definition) is 8. The fourth-order valence-corrected chi connectivity index (χ4v) is 4.15. The highest BCUT2D eigenvalue weighted by atomic mass is 19.1. The van der Waals surface area contributed by atoms with Crippen molar-refractivity contribution in [1.82, 2.24) is 9.55 Å². The quantitative estimate of drug-likeness (QED) is 0.425. The fraction of sp³-hybridized carbons (Fsp3) is 0.346. The summed E-state index contributed by atoms with van der Waals surface area (Å²) in [5.74, 6) is -0.628. The molecule has 0 unspecified atom stereocenters.